The van der Waals surface area contributed by atoms with Gasteiger partial charge in [0.05, 0.1) is 22.1 Å². The molecule has 3 N–H and O–H groups in total. The topological polar surface area (TPSA) is 127 Å². The number of aromatic nitrogens is 4. The molecule has 0 unspecified atom stereocenters. The van der Waals surface area contributed by atoms with Crippen molar-refractivity contribution < 1.29 is 19.2 Å². The number of fused-ring (bicyclic) bond motifs is 2. The van der Waals surface area contributed by atoms with E-state index in [1.54, 1.807) is 24.4 Å². The second-order valence-electron chi connectivity index (χ2n) is 7.06. The van der Waals surface area contributed by atoms with Gasteiger partial charge in [-0.25, -0.2) is 14.8 Å². The van der Waals surface area contributed by atoms with Crippen LogP contribution in [0.5, 0.6) is 11.5 Å². The Morgan fingerprint density at radius 2 is 2.09 bits per heavy atom. The quantitative estimate of drug-likeness (QED) is 0.306. The minimum absolute atomic E-state index is 0.254. The fourth-order valence-corrected chi connectivity index (χ4v) is 3.68. The number of halogens is 1. The maximum atomic E-state index is 10.7. The highest BCUT2D eigenvalue weighted by Crippen LogP contribution is 2.36. The molecule has 2 aromatic carbocycles. The molecular weight excluding hydrogens is 448 g/mol. The van der Waals surface area contributed by atoms with E-state index in [4.69, 9.17) is 26.0 Å². The van der Waals surface area contributed by atoms with E-state index in [2.05, 4.69) is 25.8 Å². The third kappa shape index (κ3) is 4.23. The van der Waals surface area contributed by atoms with Gasteiger partial charge in [-0.2, -0.15) is 0 Å². The van der Waals surface area contributed by atoms with Gasteiger partial charge in [0.15, 0.2) is 11.4 Å². The Bertz CT molecular complexity index is 1460. The summed E-state index contributed by atoms with van der Waals surface area (Å²) in [6.07, 6.45) is 3.82. The summed E-state index contributed by atoms with van der Waals surface area (Å²) in [5.41, 5.74) is 2.80. The highest BCUT2D eigenvalue weighted by molar-refractivity contribution is 6.32. The lowest BCUT2D eigenvalue weighted by atomic mass is 10.2. The molecule has 3 aromatic heterocycles. The Hall–Kier alpha value is -4.31. The first-order chi connectivity index (χ1) is 16.1. The van der Waals surface area contributed by atoms with E-state index in [-0.39, 0.29) is 6.54 Å². The molecule has 33 heavy (non-hydrogen) atoms. The lowest BCUT2D eigenvalue weighted by molar-refractivity contribution is 0.194. The van der Waals surface area contributed by atoms with Crippen molar-refractivity contribution in [2.45, 2.75) is 6.54 Å². The van der Waals surface area contributed by atoms with Crippen LogP contribution in [0.2, 0.25) is 5.02 Å². The van der Waals surface area contributed by atoms with E-state index in [1.807, 2.05) is 35.0 Å². The van der Waals surface area contributed by atoms with Crippen LogP contribution < -0.4 is 15.4 Å². The normalized spacial score (nSPS) is 11.1. The molecule has 0 bridgehead atoms. The lowest BCUT2D eigenvalue weighted by Gasteiger charge is -2.13. The molecular formula is C22H17ClN6O4. The van der Waals surface area contributed by atoms with Crippen LogP contribution in [0.3, 0.4) is 0 Å². The smallest absolute Gasteiger partial charge is 0.404 e. The molecule has 3 heterocycles. The number of ether oxygens (including phenoxy) is 1. The summed E-state index contributed by atoms with van der Waals surface area (Å²) in [6, 6.07) is 12.6. The monoisotopic (exact) mass is 464 g/mol. The van der Waals surface area contributed by atoms with Gasteiger partial charge >= 0.3 is 6.09 Å². The largest absolute Gasteiger partial charge is 0.465 e. The van der Waals surface area contributed by atoms with Gasteiger partial charge in [0, 0.05) is 25.0 Å². The van der Waals surface area contributed by atoms with Gasteiger partial charge < -0.3 is 29.6 Å². The Balaban J connectivity index is 1.39. The number of nitrogens with zero attached hydrogens (tertiary/aromatic N) is 4. The first-order valence-electron chi connectivity index (χ1n) is 9.93. The van der Waals surface area contributed by atoms with Crippen molar-refractivity contribution in [2.75, 3.05) is 11.9 Å². The minimum Gasteiger partial charge on any atom is -0.465 e. The van der Waals surface area contributed by atoms with E-state index in [1.165, 1.54) is 6.33 Å². The molecule has 0 saturated carbocycles. The fraction of sp³-hybridized carbons (Fsp3) is 0.0909. The predicted molar refractivity (Wildman–Crippen MR) is 122 cm³/mol. The molecule has 0 atom stereocenters. The van der Waals surface area contributed by atoms with E-state index >= 15 is 0 Å². The van der Waals surface area contributed by atoms with Crippen molar-refractivity contribution in [3.63, 3.8) is 0 Å². The number of anilines is 2. The Kier molecular flexibility index (Phi) is 5.41. The number of carbonyl (C=O) groups is 1. The van der Waals surface area contributed by atoms with Crippen LogP contribution in [-0.4, -0.2) is 37.4 Å². The number of rotatable bonds is 7. The third-order valence-corrected chi connectivity index (χ3v) is 5.25. The first kappa shape index (κ1) is 20.6. The van der Waals surface area contributed by atoms with E-state index in [0.717, 1.165) is 16.4 Å². The van der Waals surface area contributed by atoms with Crippen molar-refractivity contribution in [3.8, 4) is 11.5 Å². The number of hydrogen-bond acceptors (Lipinski definition) is 7. The summed E-state index contributed by atoms with van der Waals surface area (Å²) < 4.78 is 13.0. The van der Waals surface area contributed by atoms with Crippen molar-refractivity contribution >= 4 is 51.2 Å². The Morgan fingerprint density at radius 3 is 2.94 bits per heavy atom. The fourth-order valence-electron chi connectivity index (χ4n) is 3.47. The van der Waals surface area contributed by atoms with E-state index < -0.39 is 6.09 Å². The van der Waals surface area contributed by atoms with Crippen molar-refractivity contribution in [1.82, 2.24) is 25.0 Å². The third-order valence-electron chi connectivity index (χ3n) is 4.95. The van der Waals surface area contributed by atoms with Gasteiger partial charge in [-0.1, -0.05) is 22.8 Å². The summed E-state index contributed by atoms with van der Waals surface area (Å²) in [7, 11) is 0. The zero-order valence-corrected chi connectivity index (χ0v) is 17.8. The van der Waals surface area contributed by atoms with Crippen LogP contribution in [0.4, 0.5) is 16.3 Å². The van der Waals surface area contributed by atoms with Crippen LogP contribution in [0.1, 0.15) is 0 Å². The molecule has 11 heteroatoms. The highest BCUT2D eigenvalue weighted by Gasteiger charge is 2.13. The summed E-state index contributed by atoms with van der Waals surface area (Å²) >= 11 is 6.49. The van der Waals surface area contributed by atoms with Crippen molar-refractivity contribution in [3.05, 3.63) is 66.2 Å². The van der Waals surface area contributed by atoms with Gasteiger partial charge in [0.25, 0.3) is 0 Å². The first-order valence-corrected chi connectivity index (χ1v) is 10.3. The molecule has 0 aliphatic rings. The molecule has 1 amide bonds. The van der Waals surface area contributed by atoms with Crippen LogP contribution in [-0.2, 0) is 6.54 Å². The number of hydrogen-bond donors (Lipinski definition) is 3. The summed E-state index contributed by atoms with van der Waals surface area (Å²) in [5.74, 6) is 1.63. The zero-order valence-electron chi connectivity index (χ0n) is 17.0. The number of nitrogens with one attached hydrogen (secondary N) is 2. The molecule has 5 aromatic rings. The molecule has 0 aliphatic carbocycles. The van der Waals surface area contributed by atoms with Crippen LogP contribution in [0, 0.1) is 0 Å². The average Bonchev–Trinajstić information content (AvgIpc) is 3.44. The lowest BCUT2D eigenvalue weighted by Crippen LogP contribution is -2.25. The Labute approximate surface area is 191 Å². The van der Waals surface area contributed by atoms with E-state index in [0.29, 0.717) is 40.2 Å². The van der Waals surface area contributed by atoms with Crippen molar-refractivity contribution in [2.24, 2.45) is 0 Å². The summed E-state index contributed by atoms with van der Waals surface area (Å²) in [5, 5.41) is 19.4. The summed E-state index contributed by atoms with van der Waals surface area (Å²) in [4.78, 5) is 19.4. The molecule has 0 saturated heterocycles. The number of amides is 1. The van der Waals surface area contributed by atoms with E-state index in [9.17, 15) is 4.79 Å². The molecule has 166 valence electrons. The zero-order chi connectivity index (χ0) is 22.8. The molecule has 0 aliphatic heterocycles. The van der Waals surface area contributed by atoms with Crippen LogP contribution in [0.25, 0.3) is 22.0 Å². The van der Waals surface area contributed by atoms with Gasteiger partial charge in [-0.15, -0.1) is 0 Å². The number of carboxylic acid groups (broad SMARTS) is 1. The van der Waals surface area contributed by atoms with Crippen LogP contribution >= 0.6 is 11.6 Å². The van der Waals surface area contributed by atoms with Gasteiger partial charge in [-0.05, 0) is 36.4 Å². The Morgan fingerprint density at radius 1 is 1.18 bits per heavy atom. The predicted octanol–water partition coefficient (Wildman–Crippen LogP) is 5.03. The standard InChI is InChI=1S/C22H17ClN6O4/c23-15-10-13(4-5-19(15)32-17-2-1-3-18-14(17)11-27-33-18)28-21-20-16(25-12-26-21)6-8-29(20)9-7-24-22(30)31/h1-6,8,10-12,24H,7,9H2,(H,30,31)(H,25,26,28). The maximum absolute atomic E-state index is 10.7. The minimum atomic E-state index is -1.07. The number of benzene rings is 2. The SMILES string of the molecule is O=C(O)NCCn1ccc2ncnc(Nc3ccc(Oc4cccc5oncc45)c(Cl)c3)c21. The van der Waals surface area contributed by atoms with Gasteiger partial charge in [0.1, 0.15) is 23.3 Å². The highest BCUT2D eigenvalue weighted by atomic mass is 35.5. The second kappa shape index (κ2) is 8.67. The second-order valence-corrected chi connectivity index (χ2v) is 7.47. The molecule has 0 radical (unpaired) electrons. The molecule has 10 nitrogen and oxygen atoms in total. The van der Waals surface area contributed by atoms with Gasteiger partial charge in [-0.3, -0.25) is 0 Å². The van der Waals surface area contributed by atoms with Crippen molar-refractivity contribution in [1.29, 1.82) is 0 Å². The molecule has 0 fully saturated rings. The molecule has 5 rings (SSSR count). The summed E-state index contributed by atoms with van der Waals surface area (Å²) in [6.45, 7) is 0.685. The molecule has 0 spiro atoms. The average molecular weight is 465 g/mol. The van der Waals surface area contributed by atoms with Crippen LogP contribution in [0.15, 0.2) is 65.7 Å². The maximum Gasteiger partial charge on any atom is 0.404 e. The van der Waals surface area contributed by atoms with Gasteiger partial charge in [0.2, 0.25) is 0 Å².